The highest BCUT2D eigenvalue weighted by Crippen LogP contribution is 2.20. The number of aromatic nitrogens is 1. The standard InChI is InChI=1S/C12H20N4/c1-9-7-16(8-10(2)15(9)3)12-6-4-5-11(13)14-12/h4-6,9-10H,7-8H2,1-3H3,(H2,13,14). The van der Waals surface area contributed by atoms with Crippen molar-refractivity contribution in [1.82, 2.24) is 9.88 Å². The maximum atomic E-state index is 5.71. The van der Waals surface area contributed by atoms with E-state index in [1.165, 1.54) is 0 Å². The van der Waals surface area contributed by atoms with Gasteiger partial charge >= 0.3 is 0 Å². The Kier molecular flexibility index (Phi) is 3.01. The van der Waals surface area contributed by atoms with Gasteiger partial charge in [0.1, 0.15) is 11.6 Å². The maximum absolute atomic E-state index is 5.71. The molecule has 1 aromatic rings. The highest BCUT2D eigenvalue weighted by molar-refractivity contribution is 5.45. The zero-order chi connectivity index (χ0) is 11.7. The van der Waals surface area contributed by atoms with E-state index in [9.17, 15) is 0 Å². The van der Waals surface area contributed by atoms with Crippen molar-refractivity contribution in [3.05, 3.63) is 18.2 Å². The van der Waals surface area contributed by atoms with Crippen LogP contribution in [0.2, 0.25) is 0 Å². The van der Waals surface area contributed by atoms with Gasteiger partial charge in [-0.2, -0.15) is 0 Å². The van der Waals surface area contributed by atoms with Crippen molar-refractivity contribution in [3.8, 4) is 0 Å². The summed E-state index contributed by atoms with van der Waals surface area (Å²) >= 11 is 0. The van der Waals surface area contributed by atoms with Crippen molar-refractivity contribution >= 4 is 11.6 Å². The highest BCUT2D eigenvalue weighted by atomic mass is 15.3. The second kappa shape index (κ2) is 4.29. The molecule has 2 rings (SSSR count). The van der Waals surface area contributed by atoms with Crippen LogP contribution in [0.4, 0.5) is 11.6 Å². The van der Waals surface area contributed by atoms with Gasteiger partial charge in [0.05, 0.1) is 0 Å². The molecule has 0 aromatic carbocycles. The topological polar surface area (TPSA) is 45.4 Å². The lowest BCUT2D eigenvalue weighted by atomic mass is 10.1. The monoisotopic (exact) mass is 220 g/mol. The molecule has 0 radical (unpaired) electrons. The van der Waals surface area contributed by atoms with E-state index >= 15 is 0 Å². The molecule has 1 aliphatic heterocycles. The molecule has 4 heteroatoms. The molecule has 16 heavy (non-hydrogen) atoms. The second-order valence-corrected chi connectivity index (χ2v) is 4.69. The third-order valence-corrected chi connectivity index (χ3v) is 3.44. The number of nitrogen functional groups attached to an aromatic ring is 1. The third-order valence-electron chi connectivity index (χ3n) is 3.44. The first-order chi connectivity index (χ1) is 7.58. The molecule has 2 N–H and O–H groups in total. The van der Waals surface area contributed by atoms with Crippen LogP contribution in [0.1, 0.15) is 13.8 Å². The summed E-state index contributed by atoms with van der Waals surface area (Å²) < 4.78 is 0. The number of hydrogen-bond acceptors (Lipinski definition) is 4. The second-order valence-electron chi connectivity index (χ2n) is 4.69. The van der Waals surface area contributed by atoms with Crippen LogP contribution in [0.3, 0.4) is 0 Å². The van der Waals surface area contributed by atoms with Gasteiger partial charge in [0.15, 0.2) is 0 Å². The van der Waals surface area contributed by atoms with Gasteiger partial charge in [0, 0.05) is 25.2 Å². The Morgan fingerprint density at radius 3 is 2.44 bits per heavy atom. The Balaban J connectivity index is 2.17. The number of likely N-dealkylation sites (N-methyl/N-ethyl adjacent to an activating group) is 1. The first kappa shape index (κ1) is 11.2. The number of pyridine rings is 1. The average Bonchev–Trinajstić information content (AvgIpc) is 2.25. The van der Waals surface area contributed by atoms with Crippen LogP contribution in [0.5, 0.6) is 0 Å². The summed E-state index contributed by atoms with van der Waals surface area (Å²) in [5, 5.41) is 0. The third kappa shape index (κ3) is 2.11. The number of nitrogens with two attached hydrogens (primary N) is 1. The Morgan fingerprint density at radius 1 is 1.25 bits per heavy atom. The fourth-order valence-electron chi connectivity index (χ4n) is 2.21. The van der Waals surface area contributed by atoms with Gasteiger partial charge in [-0.25, -0.2) is 4.98 Å². The highest BCUT2D eigenvalue weighted by Gasteiger charge is 2.26. The molecule has 1 saturated heterocycles. The van der Waals surface area contributed by atoms with Crippen molar-refractivity contribution in [2.24, 2.45) is 0 Å². The Morgan fingerprint density at radius 2 is 1.88 bits per heavy atom. The van der Waals surface area contributed by atoms with Crippen molar-refractivity contribution in [2.75, 3.05) is 30.8 Å². The molecule has 1 aromatic heterocycles. The summed E-state index contributed by atoms with van der Waals surface area (Å²) in [5.74, 6) is 1.59. The molecule has 0 amide bonds. The van der Waals surface area contributed by atoms with Gasteiger partial charge < -0.3 is 10.6 Å². The van der Waals surface area contributed by atoms with Crippen molar-refractivity contribution < 1.29 is 0 Å². The van der Waals surface area contributed by atoms with Gasteiger partial charge in [-0.05, 0) is 33.0 Å². The first-order valence-corrected chi connectivity index (χ1v) is 5.77. The lowest BCUT2D eigenvalue weighted by molar-refractivity contribution is 0.169. The fourth-order valence-corrected chi connectivity index (χ4v) is 2.21. The quantitative estimate of drug-likeness (QED) is 0.772. The van der Waals surface area contributed by atoms with Crippen molar-refractivity contribution in [1.29, 1.82) is 0 Å². The summed E-state index contributed by atoms with van der Waals surface area (Å²) in [4.78, 5) is 9.09. The van der Waals surface area contributed by atoms with Crippen LogP contribution >= 0.6 is 0 Å². The van der Waals surface area contributed by atoms with Crippen LogP contribution in [-0.4, -0.2) is 42.1 Å². The predicted octanol–water partition coefficient (Wildman–Crippen LogP) is 1.19. The molecular weight excluding hydrogens is 200 g/mol. The zero-order valence-electron chi connectivity index (χ0n) is 10.2. The van der Waals surface area contributed by atoms with E-state index in [2.05, 4.69) is 35.7 Å². The minimum Gasteiger partial charge on any atom is -0.384 e. The van der Waals surface area contributed by atoms with E-state index in [1.807, 2.05) is 18.2 Å². The van der Waals surface area contributed by atoms with Gasteiger partial charge in [-0.1, -0.05) is 6.07 Å². The summed E-state index contributed by atoms with van der Waals surface area (Å²) in [6, 6.07) is 6.91. The van der Waals surface area contributed by atoms with Gasteiger partial charge in [0.2, 0.25) is 0 Å². The SMILES string of the molecule is CC1CN(c2cccc(N)n2)CC(C)N1C. The van der Waals surface area contributed by atoms with Crippen LogP contribution in [0.25, 0.3) is 0 Å². The van der Waals surface area contributed by atoms with E-state index in [1.54, 1.807) is 0 Å². The minimum atomic E-state index is 0.548. The van der Waals surface area contributed by atoms with Crippen molar-refractivity contribution in [2.45, 2.75) is 25.9 Å². The van der Waals surface area contributed by atoms with E-state index in [4.69, 9.17) is 5.73 Å². The smallest absolute Gasteiger partial charge is 0.131 e. The zero-order valence-corrected chi connectivity index (χ0v) is 10.2. The maximum Gasteiger partial charge on any atom is 0.131 e. The Bertz CT molecular complexity index is 354. The van der Waals surface area contributed by atoms with E-state index in [-0.39, 0.29) is 0 Å². The number of nitrogens with zero attached hydrogens (tertiary/aromatic N) is 3. The molecule has 0 bridgehead atoms. The number of hydrogen-bond donors (Lipinski definition) is 1. The average molecular weight is 220 g/mol. The molecular formula is C12H20N4. The summed E-state index contributed by atoms with van der Waals surface area (Å²) in [5.41, 5.74) is 5.71. The van der Waals surface area contributed by atoms with Crippen LogP contribution in [-0.2, 0) is 0 Å². The largest absolute Gasteiger partial charge is 0.384 e. The van der Waals surface area contributed by atoms with E-state index in [0.717, 1.165) is 18.9 Å². The molecule has 2 unspecified atom stereocenters. The van der Waals surface area contributed by atoms with Crippen LogP contribution in [0, 0.1) is 0 Å². The van der Waals surface area contributed by atoms with Gasteiger partial charge in [-0.15, -0.1) is 0 Å². The minimum absolute atomic E-state index is 0.548. The molecule has 0 aliphatic carbocycles. The fraction of sp³-hybridized carbons (Fsp3) is 0.583. The molecule has 4 nitrogen and oxygen atoms in total. The Labute approximate surface area is 97.1 Å². The number of anilines is 2. The predicted molar refractivity (Wildman–Crippen MR) is 67.5 cm³/mol. The molecule has 1 fully saturated rings. The molecule has 88 valence electrons. The molecule has 1 aliphatic rings. The normalized spacial score (nSPS) is 27.1. The number of rotatable bonds is 1. The summed E-state index contributed by atoms with van der Waals surface area (Å²) in [7, 11) is 2.18. The first-order valence-electron chi connectivity index (χ1n) is 5.77. The molecule has 0 saturated carbocycles. The Hall–Kier alpha value is -1.29. The lowest BCUT2D eigenvalue weighted by Crippen LogP contribution is -2.55. The summed E-state index contributed by atoms with van der Waals surface area (Å²) in [6.45, 7) is 6.51. The molecule has 2 heterocycles. The van der Waals surface area contributed by atoms with Crippen LogP contribution in [0.15, 0.2) is 18.2 Å². The van der Waals surface area contributed by atoms with Gasteiger partial charge in [-0.3, -0.25) is 4.90 Å². The van der Waals surface area contributed by atoms with Crippen molar-refractivity contribution in [3.63, 3.8) is 0 Å². The van der Waals surface area contributed by atoms with E-state index in [0.29, 0.717) is 17.9 Å². The summed E-state index contributed by atoms with van der Waals surface area (Å²) in [6.07, 6.45) is 0. The molecule has 2 atom stereocenters. The van der Waals surface area contributed by atoms with E-state index < -0.39 is 0 Å². The lowest BCUT2D eigenvalue weighted by Gasteiger charge is -2.43. The number of piperazine rings is 1. The molecule has 0 spiro atoms. The van der Waals surface area contributed by atoms with Crippen LogP contribution < -0.4 is 10.6 Å². The van der Waals surface area contributed by atoms with Gasteiger partial charge in [0.25, 0.3) is 0 Å².